The van der Waals surface area contributed by atoms with Gasteiger partial charge in [0.25, 0.3) is 0 Å². The van der Waals surface area contributed by atoms with E-state index in [4.69, 9.17) is 0 Å². The first-order chi connectivity index (χ1) is 53.6. The second kappa shape index (κ2) is 38.0. The van der Waals surface area contributed by atoms with Gasteiger partial charge in [0, 0.05) is 190 Å². The van der Waals surface area contributed by atoms with Gasteiger partial charge in [-0.15, -0.1) is 0 Å². The zero-order valence-electron chi connectivity index (χ0n) is 57.8. The predicted octanol–water partition coefficient (Wildman–Crippen LogP) is 18.0. The number of fused-ring (bicyclic) bond motifs is 14. The highest BCUT2D eigenvalue weighted by atomic mass is 15.1. The summed E-state index contributed by atoms with van der Waals surface area (Å²) in [6.07, 6.45) is 45.6. The summed E-state index contributed by atoms with van der Waals surface area (Å²) in [6.45, 7) is 0. The second-order valence-electron chi connectivity index (χ2n) is 22.9. The summed E-state index contributed by atoms with van der Waals surface area (Å²) in [5.41, 5.74) is 9.17. The van der Waals surface area contributed by atoms with Crippen LogP contribution in [0, 0.1) is 0 Å². The lowest BCUT2D eigenvalue weighted by atomic mass is 10.1. The van der Waals surface area contributed by atoms with Gasteiger partial charge in [-0.05, 0) is 155 Å². The van der Waals surface area contributed by atoms with Gasteiger partial charge in [0.15, 0.2) is 11.3 Å². The molecule has 0 saturated heterocycles. The molecule has 0 radical (unpaired) electrons. The predicted molar refractivity (Wildman–Crippen MR) is 428 cm³/mol. The molecule has 17 aromatic heterocycles. The van der Waals surface area contributed by atoms with Gasteiger partial charge < -0.3 is 0 Å². The van der Waals surface area contributed by atoms with Crippen molar-refractivity contribution in [2.45, 2.75) is 0 Å². The Labute approximate surface area is 618 Å². The summed E-state index contributed by atoms with van der Waals surface area (Å²) >= 11 is 0. The normalized spacial score (nSPS) is 10.2. The molecule has 0 saturated carbocycles. The first-order valence-electron chi connectivity index (χ1n) is 33.9. The number of rotatable bonds is 0. The van der Waals surface area contributed by atoms with E-state index in [1.54, 1.807) is 118 Å². The van der Waals surface area contributed by atoms with Crippen LogP contribution in [0.5, 0.6) is 0 Å². The number of hydrogen-bond acceptors (Lipinski definition) is 21. The Morgan fingerprint density at radius 1 is 0.157 bits per heavy atom. The maximum absolute atomic E-state index is 4.30. The molecule has 0 spiro atoms. The topological polar surface area (TPSA) is 271 Å². The van der Waals surface area contributed by atoms with Crippen LogP contribution < -0.4 is 0 Å². The van der Waals surface area contributed by atoms with Crippen LogP contribution in [0.4, 0.5) is 0 Å². The van der Waals surface area contributed by atoms with Crippen LogP contribution >= 0.6 is 0 Å². The van der Waals surface area contributed by atoms with E-state index in [-0.39, 0.29) is 0 Å². The van der Waals surface area contributed by atoms with Crippen LogP contribution in [0.15, 0.2) is 386 Å². The fourth-order valence-electron chi connectivity index (χ4n) is 10.7. The van der Waals surface area contributed by atoms with Gasteiger partial charge in [-0.1, -0.05) is 91.0 Å². The average Bonchev–Trinajstić information content (AvgIpc) is 0.800. The summed E-state index contributed by atoms with van der Waals surface area (Å²) in [5.74, 6) is 0. The van der Waals surface area contributed by atoms with Crippen molar-refractivity contribution in [1.82, 2.24) is 105 Å². The van der Waals surface area contributed by atoms with Crippen LogP contribution in [-0.2, 0) is 0 Å². The van der Waals surface area contributed by atoms with Crippen molar-refractivity contribution in [1.29, 1.82) is 0 Å². The van der Waals surface area contributed by atoms with Gasteiger partial charge in [-0.25, -0.2) is 39.9 Å². The summed E-state index contributed by atoms with van der Waals surface area (Å²) in [5, 5.41) is 23.7. The molecule has 22 aromatic rings. The van der Waals surface area contributed by atoms with E-state index in [1.165, 1.54) is 26.9 Å². The number of pyridine rings is 13. The van der Waals surface area contributed by atoms with Crippen molar-refractivity contribution >= 4 is 131 Å². The molecule has 0 atom stereocenters. The molecule has 0 unspecified atom stereocenters. The largest absolute Gasteiger partial charge is 0.264 e. The van der Waals surface area contributed by atoms with Crippen molar-refractivity contribution in [2.75, 3.05) is 0 Å². The molecule has 0 aliphatic rings. The number of aromatic nitrogens is 21. The zero-order valence-corrected chi connectivity index (χ0v) is 57.8. The van der Waals surface area contributed by atoms with Gasteiger partial charge in [-0.2, -0.15) is 10.2 Å². The Kier molecular flexibility index (Phi) is 24.9. The van der Waals surface area contributed by atoms with Gasteiger partial charge >= 0.3 is 0 Å². The number of hydrogen-bond donors (Lipinski definition) is 0. The molecule has 22 rings (SSSR count). The van der Waals surface area contributed by atoms with E-state index in [0.29, 0.717) is 5.65 Å². The Balaban J connectivity index is 0.000000106. The fourth-order valence-corrected chi connectivity index (χ4v) is 10.7. The van der Waals surface area contributed by atoms with Crippen LogP contribution in [0.1, 0.15) is 0 Å². The lowest BCUT2D eigenvalue weighted by Gasteiger charge is -2.00. The van der Waals surface area contributed by atoms with Gasteiger partial charge in [0.05, 0.1) is 51.0 Å². The molecule has 5 aromatic carbocycles. The summed E-state index contributed by atoms with van der Waals surface area (Å²) in [4.78, 5) is 77.1. The Morgan fingerprint density at radius 3 is 1.22 bits per heavy atom. The standard InChI is InChI=1S/2C12H8N2.7C8H6N2.C7H5N3/c1-2-4-11-9(3-1)5-6-10-7-13-8-14-12(10)11;1-2-4-10-9(3-1)5-6-12-11(10)7-13-8-14-12;1-3-9-6-8-2-4-10-5-7(1)8;1-3-9-5-8-6-10-4-2-7(1)8;1-3-7-8(9-5-1)4-2-6-10-7;1-3-7-4-2-6-10-8(7)9-5-1;1-2-7-6-9-5-3-8(7)10-4-1;1-2-7-3-5-9-6-8(7)10-4-1;1-2-4-8-7(3-1)5-6-9-10-8;1-2-6-7(9-3-1)10-5-4-8-6/h2*1-8H;7*1-6H;1-5H. The van der Waals surface area contributed by atoms with Gasteiger partial charge in [-0.3, -0.25) is 54.8 Å². The first-order valence-corrected chi connectivity index (χ1v) is 33.9. The summed E-state index contributed by atoms with van der Waals surface area (Å²) in [6, 6.07) is 73.4. The quantitative estimate of drug-likeness (QED) is 0.128. The highest BCUT2D eigenvalue weighted by Crippen LogP contribution is 2.24. The average molecular weight is 1400 g/mol. The van der Waals surface area contributed by atoms with E-state index in [0.717, 1.165) is 98.3 Å². The second-order valence-corrected chi connectivity index (χ2v) is 22.9. The molecule has 17 heterocycles. The molecular weight excluding hydrogens is 1340 g/mol. The molecule has 0 fully saturated rings. The fraction of sp³-hybridized carbons (Fsp3) is 0. The van der Waals surface area contributed by atoms with E-state index >= 15 is 0 Å². The third-order valence-corrected chi connectivity index (χ3v) is 15.9. The smallest absolute Gasteiger partial charge is 0.178 e. The van der Waals surface area contributed by atoms with E-state index < -0.39 is 0 Å². The molecule has 0 aliphatic heterocycles. The third kappa shape index (κ3) is 20.0. The first kappa shape index (κ1) is 70.9. The Hall–Kier alpha value is -15.5. The maximum Gasteiger partial charge on any atom is 0.178 e. The third-order valence-electron chi connectivity index (χ3n) is 15.9. The van der Waals surface area contributed by atoms with Gasteiger partial charge in [0.2, 0.25) is 0 Å². The molecule has 0 aliphatic carbocycles. The molecule has 516 valence electrons. The SMILES string of the molecule is c1cc2ccncc2cn1.c1cc2cnccc2cn1.c1ccc2c(c1)ccc1cncnc12.c1ccc2c(c1)ccc1ncncc12.c1ccc2nnccc2c1.c1cnc2cccnc2c1.c1cnc2ccncc2c1.c1cnc2cnccc2c1.c1cnc2ncccc2c1.c1cnc2nccnc2c1. The molecule has 21 nitrogen and oxygen atoms in total. The monoisotopic (exact) mass is 1400 g/mol. The number of nitrogens with zero attached hydrogens (tertiary/aromatic N) is 21. The van der Waals surface area contributed by atoms with E-state index in [9.17, 15) is 0 Å². The minimum Gasteiger partial charge on any atom is -0.264 e. The molecule has 0 bridgehead atoms. The van der Waals surface area contributed by atoms with Crippen LogP contribution in [0.25, 0.3) is 131 Å². The maximum atomic E-state index is 4.30. The molecule has 0 N–H and O–H groups in total. The van der Waals surface area contributed by atoms with Crippen LogP contribution in [0.2, 0.25) is 0 Å². The minimum absolute atomic E-state index is 0.699. The number of benzene rings is 5. The van der Waals surface area contributed by atoms with Crippen molar-refractivity contribution < 1.29 is 0 Å². The highest BCUT2D eigenvalue weighted by molar-refractivity contribution is 6.06. The van der Waals surface area contributed by atoms with Crippen molar-refractivity contribution in [3.63, 3.8) is 0 Å². The van der Waals surface area contributed by atoms with Crippen LogP contribution in [0.3, 0.4) is 0 Å². The van der Waals surface area contributed by atoms with Crippen LogP contribution in [-0.4, -0.2) is 105 Å². The highest BCUT2D eigenvalue weighted by Gasteiger charge is 2.02. The van der Waals surface area contributed by atoms with E-state index in [1.807, 2.05) is 225 Å². The Bertz CT molecular complexity index is 4970. The summed E-state index contributed by atoms with van der Waals surface area (Å²) in [7, 11) is 0. The Morgan fingerprint density at radius 2 is 0.574 bits per heavy atom. The molecule has 21 heteroatoms. The minimum atomic E-state index is 0.699. The molecule has 0 amide bonds. The van der Waals surface area contributed by atoms with E-state index in [2.05, 4.69) is 147 Å². The zero-order chi connectivity index (χ0) is 73.3. The lowest BCUT2D eigenvalue weighted by molar-refractivity contribution is 1.08. The molecular formula is C87H63N21. The van der Waals surface area contributed by atoms with Crippen molar-refractivity contribution in [3.05, 3.63) is 386 Å². The molecule has 108 heavy (non-hydrogen) atoms. The summed E-state index contributed by atoms with van der Waals surface area (Å²) < 4.78 is 0. The van der Waals surface area contributed by atoms with Gasteiger partial charge in [0.1, 0.15) is 18.2 Å². The lowest BCUT2D eigenvalue weighted by Crippen LogP contribution is -1.83. The van der Waals surface area contributed by atoms with Crippen molar-refractivity contribution in [2.24, 2.45) is 0 Å². The van der Waals surface area contributed by atoms with Crippen molar-refractivity contribution in [3.8, 4) is 0 Å².